The average Bonchev–Trinajstić information content (AvgIpc) is 2.07. The first-order valence-corrected chi connectivity index (χ1v) is 5.76. The molecule has 1 rings (SSSR count). The Morgan fingerprint density at radius 2 is 2.27 bits per heavy atom. The number of hydrogen-bond acceptors (Lipinski definition) is 4. The van der Waals surface area contributed by atoms with Gasteiger partial charge in [0, 0.05) is 6.66 Å². The van der Waals surface area contributed by atoms with E-state index in [4.69, 9.17) is 4.89 Å². The molecule has 0 aliphatic carbocycles. The Morgan fingerprint density at radius 3 is 2.80 bits per heavy atom. The highest BCUT2D eigenvalue weighted by Gasteiger charge is 2.11. The highest BCUT2D eigenvalue weighted by Crippen LogP contribution is 2.36. The number of hydrogen-bond donors (Lipinski definition) is 2. The third kappa shape index (κ3) is 3.43. The van der Waals surface area contributed by atoms with Crippen LogP contribution in [-0.4, -0.2) is 21.1 Å². The van der Waals surface area contributed by atoms with Crippen LogP contribution in [0, 0.1) is 5.82 Å². The van der Waals surface area contributed by atoms with Gasteiger partial charge in [-0.2, -0.15) is 4.39 Å². The molecular formula is C6H8FN2O5P. The van der Waals surface area contributed by atoms with Gasteiger partial charge >= 0.3 is 13.3 Å². The fourth-order valence-corrected chi connectivity index (χ4v) is 1.09. The zero-order chi connectivity index (χ0) is 11.6. The summed E-state index contributed by atoms with van der Waals surface area (Å²) in [5.74, 6) is -1.18. The molecule has 15 heavy (non-hydrogen) atoms. The van der Waals surface area contributed by atoms with Crippen molar-refractivity contribution in [2.75, 3.05) is 6.66 Å². The molecule has 0 amide bonds. The lowest BCUT2D eigenvalue weighted by atomic mass is 10.6. The van der Waals surface area contributed by atoms with Crippen LogP contribution in [-0.2, 0) is 15.8 Å². The van der Waals surface area contributed by atoms with Crippen molar-refractivity contribution < 1.29 is 18.4 Å². The van der Waals surface area contributed by atoms with E-state index >= 15 is 0 Å². The minimum absolute atomic E-state index is 0.594. The summed E-state index contributed by atoms with van der Waals surface area (Å²) in [6, 6.07) is 0. The van der Waals surface area contributed by atoms with Gasteiger partial charge in [0.1, 0.15) is 6.73 Å². The molecule has 0 saturated heterocycles. The zero-order valence-electron chi connectivity index (χ0n) is 7.64. The highest BCUT2D eigenvalue weighted by atomic mass is 31.2. The standard InChI is InChI=1S/C6H8FN2O5P/c1-15(12,13)14-3-9-2-4(7)5(10)8-6(9)11/h2H,3H2,1H3,(H,12,13)(H,8,10,11). The maximum Gasteiger partial charge on any atom is 0.330 e. The van der Waals surface area contributed by atoms with Gasteiger partial charge in [-0.3, -0.25) is 23.4 Å². The van der Waals surface area contributed by atoms with Gasteiger partial charge in [-0.05, 0) is 0 Å². The Balaban J connectivity index is 2.97. The number of aromatic amines is 1. The number of nitrogens with one attached hydrogen (secondary N) is 1. The summed E-state index contributed by atoms with van der Waals surface area (Å²) in [7, 11) is -3.75. The summed E-state index contributed by atoms with van der Waals surface area (Å²) < 4.78 is 28.4. The first-order valence-electron chi connectivity index (χ1n) is 3.73. The van der Waals surface area contributed by atoms with E-state index in [0.29, 0.717) is 10.8 Å². The van der Waals surface area contributed by atoms with E-state index in [2.05, 4.69) is 4.52 Å². The van der Waals surface area contributed by atoms with Gasteiger partial charge in [0.05, 0.1) is 6.20 Å². The molecule has 0 bridgehead atoms. The average molecular weight is 238 g/mol. The molecule has 0 aromatic carbocycles. The lowest BCUT2D eigenvalue weighted by molar-refractivity contribution is 0.197. The molecule has 1 aromatic heterocycles. The van der Waals surface area contributed by atoms with Crippen molar-refractivity contribution in [3.63, 3.8) is 0 Å². The van der Waals surface area contributed by atoms with E-state index in [1.54, 1.807) is 4.98 Å². The van der Waals surface area contributed by atoms with Crippen molar-refractivity contribution in [1.29, 1.82) is 0 Å². The Hall–Kier alpha value is -1.24. The molecule has 0 saturated carbocycles. The highest BCUT2D eigenvalue weighted by molar-refractivity contribution is 7.51. The molecule has 84 valence electrons. The topological polar surface area (TPSA) is 101 Å². The second kappa shape index (κ2) is 4.09. The monoisotopic (exact) mass is 238 g/mol. The van der Waals surface area contributed by atoms with Crippen LogP contribution in [0.5, 0.6) is 0 Å². The Kier molecular flexibility index (Phi) is 3.23. The van der Waals surface area contributed by atoms with Gasteiger partial charge in [0.15, 0.2) is 0 Å². The summed E-state index contributed by atoms with van der Waals surface area (Å²) in [6.07, 6.45) is 0.594. The molecule has 0 aliphatic heterocycles. The molecule has 0 radical (unpaired) electrons. The van der Waals surface area contributed by atoms with Crippen LogP contribution in [0.4, 0.5) is 4.39 Å². The maximum atomic E-state index is 12.7. The molecule has 1 atom stereocenters. The molecule has 2 N–H and O–H groups in total. The van der Waals surface area contributed by atoms with Gasteiger partial charge < -0.3 is 4.89 Å². The number of halogens is 1. The predicted octanol–water partition coefficient (Wildman–Crippen LogP) is -0.535. The molecule has 1 aromatic rings. The van der Waals surface area contributed by atoms with Crippen molar-refractivity contribution in [2.24, 2.45) is 0 Å². The van der Waals surface area contributed by atoms with Crippen LogP contribution in [0.25, 0.3) is 0 Å². The fraction of sp³-hybridized carbons (Fsp3) is 0.333. The van der Waals surface area contributed by atoms with Crippen LogP contribution in [0.1, 0.15) is 0 Å². The molecule has 0 spiro atoms. The van der Waals surface area contributed by atoms with Crippen LogP contribution < -0.4 is 11.2 Å². The van der Waals surface area contributed by atoms with E-state index in [-0.39, 0.29) is 0 Å². The van der Waals surface area contributed by atoms with Crippen molar-refractivity contribution >= 4 is 7.60 Å². The van der Waals surface area contributed by atoms with E-state index in [1.807, 2.05) is 0 Å². The van der Waals surface area contributed by atoms with Gasteiger partial charge in [0.25, 0.3) is 5.56 Å². The Bertz CT molecular complexity index is 515. The molecular weight excluding hydrogens is 230 g/mol. The van der Waals surface area contributed by atoms with E-state index in [1.165, 1.54) is 0 Å². The van der Waals surface area contributed by atoms with Gasteiger partial charge in [-0.25, -0.2) is 4.79 Å². The number of H-pyrrole nitrogens is 1. The Morgan fingerprint density at radius 1 is 1.67 bits per heavy atom. The minimum Gasteiger partial charge on any atom is -0.324 e. The van der Waals surface area contributed by atoms with Crippen molar-refractivity contribution in [1.82, 2.24) is 9.55 Å². The summed E-state index contributed by atoms with van der Waals surface area (Å²) >= 11 is 0. The SMILES string of the molecule is CP(=O)(O)OCn1cc(F)c(=O)[nH]c1=O. The molecule has 9 heteroatoms. The first kappa shape index (κ1) is 11.8. The van der Waals surface area contributed by atoms with E-state index < -0.39 is 31.4 Å². The molecule has 0 aliphatic rings. The van der Waals surface area contributed by atoms with Crippen LogP contribution in [0.15, 0.2) is 15.8 Å². The molecule has 7 nitrogen and oxygen atoms in total. The van der Waals surface area contributed by atoms with Gasteiger partial charge in [-0.1, -0.05) is 0 Å². The summed E-state index contributed by atoms with van der Waals surface area (Å²) in [4.78, 5) is 32.0. The van der Waals surface area contributed by atoms with Crippen LogP contribution in [0.3, 0.4) is 0 Å². The lowest BCUT2D eigenvalue weighted by Crippen LogP contribution is -2.31. The summed E-state index contributed by atoms with van der Waals surface area (Å²) in [5.41, 5.74) is -2.07. The lowest BCUT2D eigenvalue weighted by Gasteiger charge is -2.08. The van der Waals surface area contributed by atoms with E-state index in [9.17, 15) is 18.5 Å². The van der Waals surface area contributed by atoms with Crippen molar-refractivity contribution in [2.45, 2.75) is 6.73 Å². The largest absolute Gasteiger partial charge is 0.330 e. The maximum absolute atomic E-state index is 12.7. The normalized spacial score (nSPS) is 14.9. The third-order valence-corrected chi connectivity index (χ3v) is 2.00. The van der Waals surface area contributed by atoms with Gasteiger partial charge in [0.2, 0.25) is 5.82 Å². The summed E-state index contributed by atoms with van der Waals surface area (Å²) in [5, 5.41) is 0. The van der Waals surface area contributed by atoms with Crippen LogP contribution in [0.2, 0.25) is 0 Å². The second-order valence-electron chi connectivity index (χ2n) is 2.77. The number of aromatic nitrogens is 2. The van der Waals surface area contributed by atoms with Crippen molar-refractivity contribution in [3.8, 4) is 0 Å². The van der Waals surface area contributed by atoms with Gasteiger partial charge in [-0.15, -0.1) is 0 Å². The second-order valence-corrected chi connectivity index (χ2v) is 4.63. The zero-order valence-corrected chi connectivity index (χ0v) is 8.53. The van der Waals surface area contributed by atoms with Crippen molar-refractivity contribution in [3.05, 3.63) is 32.9 Å². The number of rotatable bonds is 3. The molecule has 1 unspecified atom stereocenters. The summed E-state index contributed by atoms with van der Waals surface area (Å²) in [6.45, 7) is 0.302. The third-order valence-electron chi connectivity index (χ3n) is 1.40. The van der Waals surface area contributed by atoms with Crippen LogP contribution >= 0.6 is 7.60 Å². The first-order chi connectivity index (χ1) is 6.79. The number of nitrogens with zero attached hydrogens (tertiary/aromatic N) is 1. The predicted molar refractivity (Wildman–Crippen MR) is 48.1 cm³/mol. The molecule has 0 fully saturated rings. The smallest absolute Gasteiger partial charge is 0.324 e. The van der Waals surface area contributed by atoms with E-state index in [0.717, 1.165) is 6.66 Å². The quantitative estimate of drug-likeness (QED) is 0.689. The fourth-order valence-electron chi connectivity index (χ4n) is 0.748. The molecule has 1 heterocycles. The Labute approximate surface area is 82.7 Å². The minimum atomic E-state index is -3.75.